The molecule has 6 heteroatoms. The Hall–Kier alpha value is -3.25. The van der Waals surface area contributed by atoms with Crippen LogP contribution in [-0.2, 0) is 19.5 Å². The van der Waals surface area contributed by atoms with Crippen LogP contribution in [0.25, 0.3) is 11.3 Å². The van der Waals surface area contributed by atoms with E-state index < -0.39 is 0 Å². The van der Waals surface area contributed by atoms with E-state index in [1.165, 1.54) is 11.1 Å². The highest BCUT2D eigenvalue weighted by molar-refractivity contribution is 5.94. The molecule has 1 aromatic heterocycles. The molecule has 0 spiro atoms. The molecule has 0 radical (unpaired) electrons. The van der Waals surface area contributed by atoms with Crippen molar-refractivity contribution in [2.24, 2.45) is 0 Å². The van der Waals surface area contributed by atoms with Crippen LogP contribution in [0.2, 0.25) is 0 Å². The summed E-state index contributed by atoms with van der Waals surface area (Å²) in [7, 11) is 0. The van der Waals surface area contributed by atoms with Gasteiger partial charge >= 0.3 is 0 Å². The van der Waals surface area contributed by atoms with E-state index in [1.54, 1.807) is 6.20 Å². The second kappa shape index (κ2) is 7.78. The number of nitrogens with two attached hydrogens (primary N) is 1. The Morgan fingerprint density at radius 3 is 2.89 bits per heavy atom. The molecular formula is C22H23N5O. The van der Waals surface area contributed by atoms with Crippen molar-refractivity contribution >= 4 is 11.9 Å². The fourth-order valence-electron chi connectivity index (χ4n) is 3.48. The van der Waals surface area contributed by atoms with Crippen LogP contribution in [0.4, 0.5) is 5.95 Å². The maximum atomic E-state index is 12.6. The summed E-state index contributed by atoms with van der Waals surface area (Å²) in [6.07, 6.45) is 2.61. The molecule has 0 bridgehead atoms. The van der Waals surface area contributed by atoms with E-state index in [-0.39, 0.29) is 11.9 Å². The van der Waals surface area contributed by atoms with Crippen LogP contribution >= 0.6 is 0 Å². The maximum absolute atomic E-state index is 12.6. The molecule has 1 aliphatic rings. The van der Waals surface area contributed by atoms with Crippen molar-refractivity contribution in [2.45, 2.75) is 26.4 Å². The van der Waals surface area contributed by atoms with Gasteiger partial charge < -0.3 is 16.4 Å². The number of amides is 1. The summed E-state index contributed by atoms with van der Waals surface area (Å²) in [4.78, 5) is 20.8. The Morgan fingerprint density at radius 1 is 1.18 bits per heavy atom. The van der Waals surface area contributed by atoms with Crippen LogP contribution in [0.3, 0.4) is 0 Å². The third-order valence-electron chi connectivity index (χ3n) is 5.11. The summed E-state index contributed by atoms with van der Waals surface area (Å²) in [5, 5.41) is 6.38. The number of hydrogen-bond donors (Lipinski definition) is 3. The van der Waals surface area contributed by atoms with Gasteiger partial charge in [0.15, 0.2) is 0 Å². The molecule has 0 atom stereocenters. The molecular weight excluding hydrogens is 350 g/mol. The zero-order valence-corrected chi connectivity index (χ0v) is 15.8. The lowest BCUT2D eigenvalue weighted by Crippen LogP contribution is -2.26. The first-order valence-electron chi connectivity index (χ1n) is 9.39. The van der Waals surface area contributed by atoms with Crippen molar-refractivity contribution in [3.63, 3.8) is 0 Å². The summed E-state index contributed by atoms with van der Waals surface area (Å²) in [5.74, 6) is 0.209. The Bertz CT molecular complexity index is 1030. The number of nitrogen functional groups attached to an aromatic ring is 1. The summed E-state index contributed by atoms with van der Waals surface area (Å²) in [6, 6.07) is 13.8. The lowest BCUT2D eigenvalue weighted by atomic mass is 9.98. The predicted molar refractivity (Wildman–Crippen MR) is 110 cm³/mol. The molecule has 0 saturated heterocycles. The highest BCUT2D eigenvalue weighted by Crippen LogP contribution is 2.21. The SMILES string of the molecule is Cc1cc(-c2ccnc(N)n2)ccc1CNC(=O)c1ccc2c(c1)CCNC2. The summed E-state index contributed by atoms with van der Waals surface area (Å²) < 4.78 is 0. The molecule has 0 fully saturated rings. The maximum Gasteiger partial charge on any atom is 0.251 e. The average molecular weight is 373 g/mol. The molecule has 1 amide bonds. The molecule has 2 heterocycles. The predicted octanol–water partition coefficient (Wildman–Crippen LogP) is 2.61. The summed E-state index contributed by atoms with van der Waals surface area (Å²) >= 11 is 0. The van der Waals surface area contributed by atoms with Gasteiger partial charge in [0, 0.05) is 30.4 Å². The van der Waals surface area contributed by atoms with Crippen LogP contribution in [0.5, 0.6) is 0 Å². The van der Waals surface area contributed by atoms with Crippen LogP contribution in [0.15, 0.2) is 48.7 Å². The van der Waals surface area contributed by atoms with Crippen molar-refractivity contribution in [1.29, 1.82) is 0 Å². The van der Waals surface area contributed by atoms with E-state index in [4.69, 9.17) is 5.73 Å². The molecule has 0 saturated carbocycles. The third kappa shape index (κ3) is 3.87. The fraction of sp³-hybridized carbons (Fsp3) is 0.227. The number of rotatable bonds is 4. The number of nitrogens with zero attached hydrogens (tertiary/aromatic N) is 2. The quantitative estimate of drug-likeness (QED) is 0.654. The largest absolute Gasteiger partial charge is 0.368 e. The summed E-state index contributed by atoms with van der Waals surface area (Å²) in [6.45, 7) is 4.35. The Morgan fingerprint density at radius 2 is 2.07 bits per heavy atom. The minimum absolute atomic E-state index is 0.0478. The van der Waals surface area contributed by atoms with Crippen molar-refractivity contribution in [1.82, 2.24) is 20.6 Å². The number of aromatic nitrogens is 2. The van der Waals surface area contributed by atoms with Crippen LogP contribution in [0, 0.1) is 6.92 Å². The molecule has 142 valence electrons. The normalized spacial score (nSPS) is 13.0. The van der Waals surface area contributed by atoms with E-state index in [0.717, 1.165) is 41.9 Å². The van der Waals surface area contributed by atoms with Gasteiger partial charge in [-0.25, -0.2) is 9.97 Å². The minimum atomic E-state index is -0.0478. The van der Waals surface area contributed by atoms with E-state index in [0.29, 0.717) is 12.1 Å². The first kappa shape index (κ1) is 18.1. The van der Waals surface area contributed by atoms with Gasteiger partial charge in [-0.15, -0.1) is 0 Å². The van der Waals surface area contributed by atoms with E-state index in [1.807, 2.05) is 43.3 Å². The van der Waals surface area contributed by atoms with Gasteiger partial charge in [-0.2, -0.15) is 0 Å². The van der Waals surface area contributed by atoms with Crippen molar-refractivity contribution in [3.05, 3.63) is 76.5 Å². The molecule has 4 rings (SSSR count). The molecule has 2 aromatic carbocycles. The summed E-state index contributed by atoms with van der Waals surface area (Å²) in [5.41, 5.74) is 12.8. The number of hydrogen-bond acceptors (Lipinski definition) is 5. The zero-order chi connectivity index (χ0) is 19.5. The lowest BCUT2D eigenvalue weighted by molar-refractivity contribution is 0.0950. The first-order valence-corrected chi connectivity index (χ1v) is 9.39. The van der Waals surface area contributed by atoms with Gasteiger partial charge in [-0.05, 0) is 66.4 Å². The van der Waals surface area contributed by atoms with Crippen molar-refractivity contribution < 1.29 is 4.79 Å². The van der Waals surface area contributed by atoms with E-state index >= 15 is 0 Å². The third-order valence-corrected chi connectivity index (χ3v) is 5.11. The second-order valence-electron chi connectivity index (χ2n) is 7.03. The molecule has 0 unspecified atom stereocenters. The van der Waals surface area contributed by atoms with Gasteiger partial charge in [0.2, 0.25) is 5.95 Å². The van der Waals surface area contributed by atoms with Crippen LogP contribution in [0.1, 0.15) is 32.6 Å². The van der Waals surface area contributed by atoms with Gasteiger partial charge in [0.1, 0.15) is 0 Å². The molecule has 1 aliphatic heterocycles. The highest BCUT2D eigenvalue weighted by atomic mass is 16.1. The second-order valence-corrected chi connectivity index (χ2v) is 7.03. The highest BCUT2D eigenvalue weighted by Gasteiger charge is 2.13. The molecule has 28 heavy (non-hydrogen) atoms. The lowest BCUT2D eigenvalue weighted by Gasteiger charge is -2.17. The number of nitrogens with one attached hydrogen (secondary N) is 2. The number of anilines is 1. The Kier molecular flexibility index (Phi) is 5.04. The first-order chi connectivity index (χ1) is 13.6. The van der Waals surface area contributed by atoms with Gasteiger partial charge in [-0.3, -0.25) is 4.79 Å². The topological polar surface area (TPSA) is 92.9 Å². The van der Waals surface area contributed by atoms with Gasteiger partial charge in [0.25, 0.3) is 5.91 Å². The number of aryl methyl sites for hydroxylation is 1. The van der Waals surface area contributed by atoms with Gasteiger partial charge in [-0.1, -0.05) is 18.2 Å². The van der Waals surface area contributed by atoms with Crippen LogP contribution < -0.4 is 16.4 Å². The van der Waals surface area contributed by atoms with Crippen molar-refractivity contribution in [3.8, 4) is 11.3 Å². The Balaban J connectivity index is 1.45. The van der Waals surface area contributed by atoms with Crippen LogP contribution in [-0.4, -0.2) is 22.4 Å². The Labute approximate surface area is 164 Å². The minimum Gasteiger partial charge on any atom is -0.368 e. The monoisotopic (exact) mass is 373 g/mol. The molecule has 4 N–H and O–H groups in total. The fourth-order valence-corrected chi connectivity index (χ4v) is 3.48. The van der Waals surface area contributed by atoms with E-state index in [9.17, 15) is 4.79 Å². The smallest absolute Gasteiger partial charge is 0.251 e. The molecule has 6 nitrogen and oxygen atoms in total. The standard InChI is InChI=1S/C22H23N5O/c1-14-10-16(20-7-9-25-22(23)27-20)2-4-18(14)13-26-21(28)17-3-5-19-12-24-8-6-15(19)11-17/h2-5,7,9-11,24H,6,8,12-13H2,1H3,(H,26,28)(H2,23,25,27). The molecule has 3 aromatic rings. The van der Waals surface area contributed by atoms with E-state index in [2.05, 4.69) is 26.7 Å². The number of benzene rings is 2. The average Bonchev–Trinajstić information content (AvgIpc) is 2.72. The number of fused-ring (bicyclic) bond motifs is 1. The molecule has 0 aliphatic carbocycles. The number of carbonyl (C=O) groups is 1. The van der Waals surface area contributed by atoms with Crippen molar-refractivity contribution in [2.75, 3.05) is 12.3 Å². The number of carbonyl (C=O) groups excluding carboxylic acids is 1. The zero-order valence-electron chi connectivity index (χ0n) is 15.8. The van der Waals surface area contributed by atoms with Gasteiger partial charge in [0.05, 0.1) is 5.69 Å².